The molecule has 1 aromatic carbocycles. The third kappa shape index (κ3) is 1.24. The second kappa shape index (κ2) is 3.17. The summed E-state index contributed by atoms with van der Waals surface area (Å²) in [7, 11) is 0. The first-order valence-corrected chi connectivity index (χ1v) is 5.52. The number of benzene rings is 1. The first kappa shape index (κ1) is 8.12. The molecule has 0 N–H and O–H groups in total. The highest BCUT2D eigenvalue weighted by molar-refractivity contribution is 5.38. The molecule has 0 amide bonds. The molecule has 0 saturated heterocycles. The van der Waals surface area contributed by atoms with Crippen LogP contribution in [0.5, 0.6) is 0 Å². The Labute approximate surface area is 85.3 Å². The van der Waals surface area contributed by atoms with Crippen molar-refractivity contribution in [3.63, 3.8) is 0 Å². The summed E-state index contributed by atoms with van der Waals surface area (Å²) < 4.78 is 0. The normalized spacial score (nSPS) is 24.4. The molecule has 2 aliphatic carbocycles. The molecule has 0 aliphatic heterocycles. The van der Waals surface area contributed by atoms with E-state index in [9.17, 15) is 0 Å². The van der Waals surface area contributed by atoms with Gasteiger partial charge in [-0.2, -0.15) is 0 Å². The molecular formula is C14H14. The van der Waals surface area contributed by atoms with Gasteiger partial charge in [-0.15, -0.1) is 5.92 Å². The summed E-state index contributed by atoms with van der Waals surface area (Å²) in [5.41, 5.74) is 2.98. The van der Waals surface area contributed by atoms with Crippen molar-refractivity contribution in [2.75, 3.05) is 0 Å². The van der Waals surface area contributed by atoms with Crippen LogP contribution < -0.4 is 0 Å². The Hall–Kier alpha value is -1.22. The second-order valence-corrected chi connectivity index (χ2v) is 4.38. The average Bonchev–Trinajstić information content (AvgIpc) is 1.98. The summed E-state index contributed by atoms with van der Waals surface area (Å²) in [4.78, 5) is 0. The Morgan fingerprint density at radius 3 is 2.50 bits per heavy atom. The topological polar surface area (TPSA) is 0 Å². The smallest absolute Gasteiger partial charge is 0.0561 e. The fourth-order valence-electron chi connectivity index (χ4n) is 2.18. The molecule has 14 heavy (non-hydrogen) atoms. The Morgan fingerprint density at radius 2 is 1.93 bits per heavy atom. The first-order chi connectivity index (χ1) is 6.93. The average molecular weight is 182 g/mol. The predicted octanol–water partition coefficient (Wildman–Crippen LogP) is 3.44. The van der Waals surface area contributed by atoms with Crippen molar-refractivity contribution in [2.45, 2.75) is 37.5 Å². The fourth-order valence-corrected chi connectivity index (χ4v) is 2.18. The summed E-state index contributed by atoms with van der Waals surface area (Å²) >= 11 is 0. The summed E-state index contributed by atoms with van der Waals surface area (Å²) in [5, 5.41) is 0. The maximum absolute atomic E-state index is 3.21. The largest absolute Gasteiger partial charge is 0.101 e. The highest BCUT2D eigenvalue weighted by atomic mass is 14.2. The molecule has 0 radical (unpaired) electrons. The Balaban J connectivity index is 1.88. The van der Waals surface area contributed by atoms with Gasteiger partial charge >= 0.3 is 0 Å². The highest BCUT2D eigenvalue weighted by Gasteiger charge is 2.20. The lowest BCUT2D eigenvalue weighted by Gasteiger charge is -2.26. The summed E-state index contributed by atoms with van der Waals surface area (Å²) in [6.07, 6.45) is 5.26. The van der Waals surface area contributed by atoms with Gasteiger partial charge in [0.1, 0.15) is 0 Å². The van der Waals surface area contributed by atoms with Crippen molar-refractivity contribution in [3.8, 4) is 11.8 Å². The molecule has 0 spiro atoms. The minimum atomic E-state index is 0.537. The molecule has 1 atom stereocenters. The lowest BCUT2D eigenvalue weighted by Crippen LogP contribution is -2.10. The third-order valence-corrected chi connectivity index (χ3v) is 3.47. The molecule has 0 nitrogen and oxygen atoms in total. The van der Waals surface area contributed by atoms with Crippen LogP contribution in [0.25, 0.3) is 0 Å². The zero-order valence-electron chi connectivity index (χ0n) is 8.29. The molecule has 70 valence electrons. The number of rotatable bonds is 2. The van der Waals surface area contributed by atoms with Crippen LogP contribution in [0.15, 0.2) is 24.3 Å². The Kier molecular flexibility index (Phi) is 1.84. The van der Waals surface area contributed by atoms with Gasteiger partial charge in [0.25, 0.3) is 0 Å². The van der Waals surface area contributed by atoms with Crippen LogP contribution in [-0.2, 0) is 0 Å². The van der Waals surface area contributed by atoms with E-state index in [4.69, 9.17) is 0 Å². The highest BCUT2D eigenvalue weighted by Crippen LogP contribution is 2.37. The van der Waals surface area contributed by atoms with E-state index < -0.39 is 0 Å². The maximum Gasteiger partial charge on any atom is 0.0561 e. The molecule has 2 aliphatic rings. The maximum atomic E-state index is 3.21. The van der Waals surface area contributed by atoms with Crippen LogP contribution in [0.3, 0.4) is 0 Å². The molecule has 0 bridgehead atoms. The van der Waals surface area contributed by atoms with Crippen LogP contribution in [0.2, 0.25) is 0 Å². The molecule has 0 heterocycles. The first-order valence-electron chi connectivity index (χ1n) is 5.52. The quantitative estimate of drug-likeness (QED) is 0.614. The van der Waals surface area contributed by atoms with Crippen molar-refractivity contribution in [3.05, 3.63) is 35.4 Å². The van der Waals surface area contributed by atoms with E-state index >= 15 is 0 Å². The zero-order valence-corrected chi connectivity index (χ0v) is 8.29. The number of hydrogen-bond donors (Lipinski definition) is 0. The summed E-state index contributed by atoms with van der Waals surface area (Å²) in [6, 6.07) is 9.07. The minimum Gasteiger partial charge on any atom is -0.101 e. The SMILES string of the molecule is C1#CC(c2cccc(C3CCC3)c2)C1. The van der Waals surface area contributed by atoms with Gasteiger partial charge in [0.05, 0.1) is 5.92 Å². The molecule has 0 aromatic heterocycles. The van der Waals surface area contributed by atoms with Crippen LogP contribution in [0.1, 0.15) is 48.6 Å². The monoisotopic (exact) mass is 182 g/mol. The van der Waals surface area contributed by atoms with E-state index in [0.717, 1.165) is 12.3 Å². The molecule has 0 heteroatoms. The Bertz CT molecular complexity index is 402. The fraction of sp³-hybridized carbons (Fsp3) is 0.429. The van der Waals surface area contributed by atoms with Crippen molar-refractivity contribution in [2.24, 2.45) is 0 Å². The van der Waals surface area contributed by atoms with E-state index in [1.807, 2.05) is 0 Å². The molecule has 1 unspecified atom stereocenters. The van der Waals surface area contributed by atoms with Crippen molar-refractivity contribution >= 4 is 0 Å². The third-order valence-electron chi connectivity index (χ3n) is 3.47. The van der Waals surface area contributed by atoms with Crippen molar-refractivity contribution in [1.82, 2.24) is 0 Å². The molecule has 1 aromatic rings. The predicted molar refractivity (Wildman–Crippen MR) is 58.2 cm³/mol. The second-order valence-electron chi connectivity index (χ2n) is 4.38. The van der Waals surface area contributed by atoms with Gasteiger partial charge in [-0.05, 0) is 29.9 Å². The van der Waals surface area contributed by atoms with Gasteiger partial charge < -0.3 is 0 Å². The lowest BCUT2D eigenvalue weighted by atomic mass is 9.78. The Morgan fingerprint density at radius 1 is 1.14 bits per heavy atom. The van der Waals surface area contributed by atoms with Crippen LogP contribution in [0.4, 0.5) is 0 Å². The summed E-state index contributed by atoms with van der Waals surface area (Å²) in [5.74, 6) is 7.69. The lowest BCUT2D eigenvalue weighted by molar-refractivity contribution is 0.419. The van der Waals surface area contributed by atoms with Gasteiger partial charge in [0.2, 0.25) is 0 Å². The van der Waals surface area contributed by atoms with Crippen LogP contribution in [-0.4, -0.2) is 0 Å². The van der Waals surface area contributed by atoms with E-state index in [1.54, 1.807) is 5.56 Å². The van der Waals surface area contributed by atoms with Gasteiger partial charge in [-0.1, -0.05) is 36.6 Å². The van der Waals surface area contributed by atoms with Gasteiger partial charge in [-0.3, -0.25) is 0 Å². The number of hydrogen-bond acceptors (Lipinski definition) is 0. The van der Waals surface area contributed by atoms with Crippen LogP contribution in [0, 0.1) is 11.8 Å². The molecule has 1 saturated carbocycles. The molecule has 3 rings (SSSR count). The van der Waals surface area contributed by atoms with Crippen molar-refractivity contribution in [1.29, 1.82) is 0 Å². The zero-order chi connectivity index (χ0) is 9.38. The van der Waals surface area contributed by atoms with E-state index in [-0.39, 0.29) is 0 Å². The molecular weight excluding hydrogens is 168 g/mol. The van der Waals surface area contributed by atoms with Gasteiger partial charge in [0.15, 0.2) is 0 Å². The van der Waals surface area contributed by atoms with E-state index in [2.05, 4.69) is 36.1 Å². The van der Waals surface area contributed by atoms with E-state index in [1.165, 1.54) is 24.8 Å². The standard InChI is InChI=1S/C14H14/c1-4-11(5-1)13-8-3-9-14(10-13)12-6-2-7-12/h3,8-12H,1,4-6H2. The van der Waals surface area contributed by atoms with Gasteiger partial charge in [-0.25, -0.2) is 0 Å². The van der Waals surface area contributed by atoms with Crippen molar-refractivity contribution < 1.29 is 0 Å². The minimum absolute atomic E-state index is 0.537. The van der Waals surface area contributed by atoms with Gasteiger partial charge in [0, 0.05) is 6.42 Å². The van der Waals surface area contributed by atoms with E-state index in [0.29, 0.717) is 5.92 Å². The summed E-state index contributed by atoms with van der Waals surface area (Å²) in [6.45, 7) is 0. The van der Waals surface area contributed by atoms with Crippen LogP contribution >= 0.6 is 0 Å². The molecule has 1 fully saturated rings.